The van der Waals surface area contributed by atoms with Crippen LogP contribution in [0.4, 0.5) is 0 Å². The Bertz CT molecular complexity index is 1000. The molecule has 1 amide bonds. The van der Waals surface area contributed by atoms with Gasteiger partial charge in [0.2, 0.25) is 5.91 Å². The van der Waals surface area contributed by atoms with Crippen molar-refractivity contribution in [2.24, 2.45) is 0 Å². The molecule has 0 aliphatic heterocycles. The molecule has 1 atom stereocenters. The van der Waals surface area contributed by atoms with Crippen LogP contribution in [0.5, 0.6) is 5.75 Å². The number of ether oxygens (including phenoxy) is 1. The van der Waals surface area contributed by atoms with E-state index in [0.29, 0.717) is 23.1 Å². The quantitative estimate of drug-likeness (QED) is 0.445. The molecule has 0 aliphatic carbocycles. The van der Waals surface area contributed by atoms with Crippen molar-refractivity contribution >= 4 is 29.1 Å². The Kier molecular flexibility index (Phi) is 5.93. The fourth-order valence-corrected chi connectivity index (χ4v) is 3.54. The smallest absolute Gasteiger partial charge is 0.243 e. The van der Waals surface area contributed by atoms with Gasteiger partial charge < -0.3 is 9.64 Å². The molecule has 9 heteroatoms. The van der Waals surface area contributed by atoms with Gasteiger partial charge >= 0.3 is 0 Å². The zero-order valence-electron chi connectivity index (χ0n) is 16.1. The van der Waals surface area contributed by atoms with Gasteiger partial charge in [-0.15, -0.1) is 10.2 Å². The minimum absolute atomic E-state index is 0.221. The number of amides is 1. The van der Waals surface area contributed by atoms with Crippen molar-refractivity contribution in [3.63, 3.8) is 0 Å². The normalized spacial score (nSPS) is 12.0. The van der Waals surface area contributed by atoms with Crippen LogP contribution in [-0.2, 0) is 9.59 Å². The number of carbonyl (C=O) groups excluding carboxylic acids is 2. The average Bonchev–Trinajstić information content (AvgIpc) is 3.09. The van der Waals surface area contributed by atoms with E-state index in [1.54, 1.807) is 30.7 Å². The second-order valence-electron chi connectivity index (χ2n) is 6.26. The van der Waals surface area contributed by atoms with Crippen LogP contribution in [-0.4, -0.2) is 62.4 Å². The summed E-state index contributed by atoms with van der Waals surface area (Å²) in [6, 6.07) is 11.0. The predicted molar refractivity (Wildman–Crippen MR) is 106 cm³/mol. The lowest BCUT2D eigenvalue weighted by molar-refractivity contribution is -0.132. The molecule has 0 fully saturated rings. The van der Waals surface area contributed by atoms with E-state index in [0.717, 1.165) is 23.1 Å². The molecule has 2 heterocycles. The van der Waals surface area contributed by atoms with E-state index in [1.165, 1.54) is 11.8 Å². The largest absolute Gasteiger partial charge is 0.494 e. The third-order valence-corrected chi connectivity index (χ3v) is 5.16. The highest BCUT2D eigenvalue weighted by Crippen LogP contribution is 2.26. The highest BCUT2D eigenvalue weighted by molar-refractivity contribution is 8.01. The summed E-state index contributed by atoms with van der Waals surface area (Å²) in [6.45, 7) is 3.93. The van der Waals surface area contributed by atoms with Crippen LogP contribution in [0.1, 0.15) is 13.8 Å². The molecule has 0 spiro atoms. The monoisotopic (exact) mass is 399 g/mol. The Labute approximate surface area is 166 Å². The summed E-state index contributed by atoms with van der Waals surface area (Å²) in [6.07, 6.45) is 0. The number of thioether (sulfide) groups is 1. The van der Waals surface area contributed by atoms with Crippen molar-refractivity contribution < 1.29 is 14.3 Å². The fraction of sp³-hybridized carbons (Fsp3) is 0.316. The van der Waals surface area contributed by atoms with Gasteiger partial charge in [-0.3, -0.25) is 9.59 Å². The maximum Gasteiger partial charge on any atom is 0.243 e. The molecule has 0 saturated carbocycles. The Morgan fingerprint density at radius 3 is 2.46 bits per heavy atom. The molecular weight excluding hydrogens is 378 g/mol. The zero-order chi connectivity index (χ0) is 20.3. The number of aromatic nitrogens is 4. The van der Waals surface area contributed by atoms with Gasteiger partial charge in [-0.1, -0.05) is 11.8 Å². The van der Waals surface area contributed by atoms with Crippen LogP contribution in [0.25, 0.3) is 17.0 Å². The van der Waals surface area contributed by atoms with Crippen molar-refractivity contribution in [3.05, 3.63) is 36.4 Å². The van der Waals surface area contributed by atoms with E-state index < -0.39 is 5.25 Å². The van der Waals surface area contributed by atoms with Gasteiger partial charge in [0.25, 0.3) is 0 Å². The molecule has 1 aromatic carbocycles. The van der Waals surface area contributed by atoms with Gasteiger partial charge in [0.15, 0.2) is 17.3 Å². The second kappa shape index (κ2) is 8.39. The van der Waals surface area contributed by atoms with E-state index in [2.05, 4.69) is 15.3 Å². The summed E-state index contributed by atoms with van der Waals surface area (Å²) in [7, 11) is 3.25. The Morgan fingerprint density at radius 2 is 1.86 bits per heavy atom. The lowest BCUT2D eigenvalue weighted by Gasteiger charge is -2.17. The molecule has 0 bridgehead atoms. The first-order valence-electron chi connectivity index (χ1n) is 8.74. The van der Waals surface area contributed by atoms with E-state index in [9.17, 15) is 9.59 Å². The first-order valence-corrected chi connectivity index (χ1v) is 9.62. The fourth-order valence-electron chi connectivity index (χ4n) is 2.54. The van der Waals surface area contributed by atoms with E-state index >= 15 is 0 Å². The Morgan fingerprint density at radius 1 is 1.14 bits per heavy atom. The molecule has 0 N–H and O–H groups in total. The lowest BCUT2D eigenvalue weighted by atomic mass is 10.2. The summed E-state index contributed by atoms with van der Waals surface area (Å²) >= 11 is 1.12. The van der Waals surface area contributed by atoms with E-state index in [-0.39, 0.29) is 11.7 Å². The van der Waals surface area contributed by atoms with Crippen molar-refractivity contribution in [2.75, 3.05) is 20.7 Å². The van der Waals surface area contributed by atoms with Crippen LogP contribution in [0.15, 0.2) is 41.4 Å². The molecule has 0 saturated heterocycles. The van der Waals surface area contributed by atoms with E-state index in [1.807, 2.05) is 31.2 Å². The van der Waals surface area contributed by atoms with Crippen LogP contribution < -0.4 is 4.74 Å². The van der Waals surface area contributed by atoms with Gasteiger partial charge in [0.1, 0.15) is 16.0 Å². The van der Waals surface area contributed by atoms with Crippen LogP contribution >= 0.6 is 11.8 Å². The average molecular weight is 399 g/mol. The topological polar surface area (TPSA) is 89.7 Å². The molecule has 0 aliphatic rings. The second-order valence-corrected chi connectivity index (χ2v) is 7.39. The number of hydrogen-bond acceptors (Lipinski definition) is 7. The highest BCUT2D eigenvalue weighted by Gasteiger charge is 2.27. The number of nitrogens with zero attached hydrogens (tertiary/aromatic N) is 5. The molecule has 2 aromatic heterocycles. The van der Waals surface area contributed by atoms with Crippen molar-refractivity contribution in [3.8, 4) is 17.1 Å². The minimum Gasteiger partial charge on any atom is -0.494 e. The number of fused-ring (bicyclic) bond motifs is 1. The van der Waals surface area contributed by atoms with Crippen molar-refractivity contribution in [2.45, 2.75) is 24.1 Å². The number of rotatable bonds is 7. The molecule has 146 valence electrons. The minimum atomic E-state index is -0.842. The van der Waals surface area contributed by atoms with Crippen LogP contribution in [0.3, 0.4) is 0 Å². The third-order valence-electron chi connectivity index (χ3n) is 3.93. The van der Waals surface area contributed by atoms with Gasteiger partial charge in [-0.25, -0.2) is 0 Å². The molecule has 0 radical (unpaired) electrons. The third kappa shape index (κ3) is 4.14. The predicted octanol–water partition coefficient (Wildman–Crippen LogP) is 2.33. The molecule has 1 unspecified atom stereocenters. The number of benzene rings is 1. The maximum absolute atomic E-state index is 12.3. The van der Waals surface area contributed by atoms with Crippen LogP contribution in [0.2, 0.25) is 0 Å². The summed E-state index contributed by atoms with van der Waals surface area (Å²) in [5.74, 6) is 0.852. The molecular formula is C19H21N5O3S. The summed E-state index contributed by atoms with van der Waals surface area (Å²) in [4.78, 5) is 25.6. The summed E-state index contributed by atoms with van der Waals surface area (Å²) in [5, 5.41) is 12.6. The highest BCUT2D eigenvalue weighted by atomic mass is 32.2. The Hall–Kier alpha value is -2.94. The van der Waals surface area contributed by atoms with Gasteiger partial charge in [-0.05, 0) is 50.2 Å². The summed E-state index contributed by atoms with van der Waals surface area (Å²) < 4.78 is 7.07. The number of ketones is 1. The van der Waals surface area contributed by atoms with Gasteiger partial charge in [0.05, 0.1) is 6.61 Å². The lowest BCUT2D eigenvalue weighted by Crippen LogP contribution is -2.36. The SMILES string of the molecule is CCOc1ccc(-c2nnc3ccc(SC(C(C)=O)C(=O)N(C)C)nn23)cc1. The number of hydrogen-bond donors (Lipinski definition) is 0. The van der Waals surface area contributed by atoms with Gasteiger partial charge in [-0.2, -0.15) is 9.61 Å². The molecule has 3 aromatic rings. The molecule has 8 nitrogen and oxygen atoms in total. The maximum atomic E-state index is 12.3. The Balaban J connectivity index is 1.93. The number of Topliss-reactive ketones (excluding diaryl/α,β-unsaturated/α-hetero) is 1. The first-order chi connectivity index (χ1) is 13.4. The first kappa shape index (κ1) is 19.8. The van der Waals surface area contributed by atoms with Crippen molar-refractivity contribution in [1.29, 1.82) is 0 Å². The van der Waals surface area contributed by atoms with Gasteiger partial charge in [0, 0.05) is 19.7 Å². The molecule has 3 rings (SSSR count). The summed E-state index contributed by atoms with van der Waals surface area (Å²) in [5.41, 5.74) is 1.41. The zero-order valence-corrected chi connectivity index (χ0v) is 16.9. The van der Waals surface area contributed by atoms with Crippen molar-refractivity contribution in [1.82, 2.24) is 24.7 Å². The van der Waals surface area contributed by atoms with E-state index in [4.69, 9.17) is 4.74 Å². The standard InChI is InChI=1S/C19H21N5O3S/c1-5-27-14-8-6-13(7-9-14)18-21-20-15-10-11-16(22-24(15)18)28-17(12(2)25)19(26)23(3)4/h6-11,17H,5H2,1-4H3. The van der Waals surface area contributed by atoms with Crippen LogP contribution in [0, 0.1) is 0 Å². The molecule has 28 heavy (non-hydrogen) atoms. The number of carbonyl (C=O) groups is 2.